The minimum absolute atomic E-state index is 0.474. The Morgan fingerprint density at radius 3 is 2.55 bits per heavy atom. The van der Waals surface area contributed by atoms with Gasteiger partial charge in [-0.15, -0.1) is 0 Å². The van der Waals surface area contributed by atoms with Crippen molar-refractivity contribution in [1.29, 1.82) is 0 Å². The molecule has 0 aromatic heterocycles. The van der Waals surface area contributed by atoms with Crippen LogP contribution in [0.2, 0.25) is 0 Å². The van der Waals surface area contributed by atoms with Crippen LogP contribution in [0.5, 0.6) is 11.5 Å². The molecule has 0 aliphatic rings. The summed E-state index contributed by atoms with van der Waals surface area (Å²) in [5.74, 6) is 2.24. The standard InChI is InChI=1S/C17H29NO2/c1-4-7-9-14(5-2)13-20-17-15(12-18)10-8-11-16(17)19-6-3/h8,10-11,14H,4-7,9,12-13,18H2,1-3H3. The minimum Gasteiger partial charge on any atom is -0.490 e. The summed E-state index contributed by atoms with van der Waals surface area (Å²) in [4.78, 5) is 0. The van der Waals surface area contributed by atoms with Gasteiger partial charge in [-0.2, -0.15) is 0 Å². The SMILES string of the molecule is CCCCC(CC)COc1c(CN)cccc1OCC. The van der Waals surface area contributed by atoms with Gasteiger partial charge in [0.2, 0.25) is 0 Å². The van der Waals surface area contributed by atoms with E-state index in [1.165, 1.54) is 19.3 Å². The fraction of sp³-hybridized carbons (Fsp3) is 0.647. The molecule has 0 aliphatic heterocycles. The first kappa shape index (κ1) is 16.8. The van der Waals surface area contributed by atoms with Gasteiger partial charge in [0.25, 0.3) is 0 Å². The van der Waals surface area contributed by atoms with Crippen LogP contribution >= 0.6 is 0 Å². The van der Waals surface area contributed by atoms with Gasteiger partial charge >= 0.3 is 0 Å². The van der Waals surface area contributed by atoms with Crippen LogP contribution in [0, 0.1) is 5.92 Å². The van der Waals surface area contributed by atoms with Crippen LogP contribution in [0.4, 0.5) is 0 Å². The highest BCUT2D eigenvalue weighted by Gasteiger charge is 2.13. The van der Waals surface area contributed by atoms with Crippen molar-refractivity contribution in [1.82, 2.24) is 0 Å². The number of hydrogen-bond donors (Lipinski definition) is 1. The van der Waals surface area contributed by atoms with Crippen molar-refractivity contribution in [3.05, 3.63) is 23.8 Å². The molecular formula is C17H29NO2. The average Bonchev–Trinajstić information content (AvgIpc) is 2.48. The van der Waals surface area contributed by atoms with Crippen LogP contribution in [-0.2, 0) is 6.54 Å². The van der Waals surface area contributed by atoms with E-state index in [9.17, 15) is 0 Å². The third kappa shape index (κ3) is 5.04. The molecule has 1 aromatic carbocycles. The van der Waals surface area contributed by atoms with E-state index in [0.29, 0.717) is 19.1 Å². The molecule has 3 nitrogen and oxygen atoms in total. The molecule has 1 rings (SSSR count). The molecule has 0 heterocycles. The fourth-order valence-corrected chi connectivity index (χ4v) is 2.25. The lowest BCUT2D eigenvalue weighted by atomic mass is 10.0. The van der Waals surface area contributed by atoms with Gasteiger partial charge in [0.15, 0.2) is 11.5 Å². The van der Waals surface area contributed by atoms with Crippen LogP contribution in [-0.4, -0.2) is 13.2 Å². The third-order valence-electron chi connectivity index (χ3n) is 3.59. The van der Waals surface area contributed by atoms with E-state index >= 15 is 0 Å². The maximum atomic E-state index is 6.06. The average molecular weight is 279 g/mol. The normalized spacial score (nSPS) is 12.2. The van der Waals surface area contributed by atoms with Gasteiger partial charge in [-0.1, -0.05) is 45.2 Å². The third-order valence-corrected chi connectivity index (χ3v) is 3.59. The second-order valence-corrected chi connectivity index (χ2v) is 5.11. The second-order valence-electron chi connectivity index (χ2n) is 5.11. The Labute approximate surface area is 123 Å². The Bertz CT molecular complexity index is 379. The Morgan fingerprint density at radius 1 is 1.15 bits per heavy atom. The lowest BCUT2D eigenvalue weighted by molar-refractivity contribution is 0.218. The largest absolute Gasteiger partial charge is 0.490 e. The number of benzene rings is 1. The van der Waals surface area contributed by atoms with Crippen molar-refractivity contribution in [3.8, 4) is 11.5 Å². The highest BCUT2D eigenvalue weighted by molar-refractivity contribution is 5.46. The molecular weight excluding hydrogens is 250 g/mol. The maximum absolute atomic E-state index is 6.06. The molecule has 0 amide bonds. The number of nitrogens with two attached hydrogens (primary N) is 1. The van der Waals surface area contributed by atoms with Gasteiger partial charge in [0.05, 0.1) is 13.2 Å². The van der Waals surface area contributed by atoms with Crippen molar-refractivity contribution < 1.29 is 9.47 Å². The van der Waals surface area contributed by atoms with E-state index < -0.39 is 0 Å². The molecule has 2 N–H and O–H groups in total. The van der Waals surface area contributed by atoms with Gasteiger partial charge in [0, 0.05) is 12.1 Å². The summed E-state index contributed by atoms with van der Waals surface area (Å²) >= 11 is 0. The molecule has 1 unspecified atom stereocenters. The van der Waals surface area contributed by atoms with Gasteiger partial charge in [-0.25, -0.2) is 0 Å². The molecule has 20 heavy (non-hydrogen) atoms. The molecule has 0 spiro atoms. The molecule has 0 aliphatic carbocycles. The van der Waals surface area contributed by atoms with E-state index in [0.717, 1.165) is 30.1 Å². The molecule has 1 aromatic rings. The van der Waals surface area contributed by atoms with Crippen molar-refractivity contribution in [3.63, 3.8) is 0 Å². The van der Waals surface area contributed by atoms with E-state index in [2.05, 4.69) is 13.8 Å². The summed E-state index contributed by atoms with van der Waals surface area (Å²) in [5.41, 5.74) is 6.81. The number of unbranched alkanes of at least 4 members (excludes halogenated alkanes) is 1. The molecule has 3 heteroatoms. The summed E-state index contributed by atoms with van der Waals surface area (Å²) in [6, 6.07) is 5.92. The second kappa shape index (κ2) is 9.65. The van der Waals surface area contributed by atoms with Gasteiger partial charge in [-0.3, -0.25) is 0 Å². The predicted molar refractivity (Wildman–Crippen MR) is 84.3 cm³/mol. The van der Waals surface area contributed by atoms with E-state index in [1.807, 2.05) is 25.1 Å². The first-order valence-corrected chi connectivity index (χ1v) is 7.84. The molecule has 0 saturated heterocycles. The summed E-state index contributed by atoms with van der Waals surface area (Å²) in [6.07, 6.45) is 4.87. The number of para-hydroxylation sites is 1. The number of rotatable bonds is 10. The lowest BCUT2D eigenvalue weighted by Gasteiger charge is -2.19. The van der Waals surface area contributed by atoms with Crippen LogP contribution in [0.15, 0.2) is 18.2 Å². The van der Waals surface area contributed by atoms with Crippen LogP contribution in [0.3, 0.4) is 0 Å². The van der Waals surface area contributed by atoms with Gasteiger partial charge in [0.1, 0.15) is 0 Å². The Hall–Kier alpha value is -1.22. The van der Waals surface area contributed by atoms with Crippen LogP contribution < -0.4 is 15.2 Å². The van der Waals surface area contributed by atoms with Crippen LogP contribution in [0.1, 0.15) is 52.0 Å². The summed E-state index contributed by atoms with van der Waals surface area (Å²) in [6.45, 7) is 8.29. The van der Waals surface area contributed by atoms with Crippen molar-refractivity contribution >= 4 is 0 Å². The first-order valence-electron chi connectivity index (χ1n) is 7.84. The zero-order valence-corrected chi connectivity index (χ0v) is 13.2. The number of ether oxygens (including phenoxy) is 2. The van der Waals surface area contributed by atoms with E-state index in [-0.39, 0.29) is 0 Å². The Balaban J connectivity index is 2.73. The fourth-order valence-electron chi connectivity index (χ4n) is 2.25. The van der Waals surface area contributed by atoms with Crippen molar-refractivity contribution in [2.45, 2.75) is 53.0 Å². The number of hydrogen-bond acceptors (Lipinski definition) is 3. The smallest absolute Gasteiger partial charge is 0.165 e. The van der Waals surface area contributed by atoms with Crippen molar-refractivity contribution in [2.24, 2.45) is 11.7 Å². The molecule has 0 bridgehead atoms. The van der Waals surface area contributed by atoms with Gasteiger partial charge < -0.3 is 15.2 Å². The zero-order valence-electron chi connectivity index (χ0n) is 13.2. The zero-order chi connectivity index (χ0) is 14.8. The summed E-state index contributed by atoms with van der Waals surface area (Å²) in [7, 11) is 0. The topological polar surface area (TPSA) is 44.5 Å². The highest BCUT2D eigenvalue weighted by atomic mass is 16.5. The monoisotopic (exact) mass is 279 g/mol. The minimum atomic E-state index is 0.474. The molecule has 0 fully saturated rings. The molecule has 0 radical (unpaired) electrons. The quantitative estimate of drug-likeness (QED) is 0.700. The predicted octanol–water partition coefficient (Wildman–Crippen LogP) is 4.14. The first-order chi connectivity index (χ1) is 9.76. The molecule has 1 atom stereocenters. The van der Waals surface area contributed by atoms with Crippen molar-refractivity contribution in [2.75, 3.05) is 13.2 Å². The van der Waals surface area contributed by atoms with E-state index in [4.69, 9.17) is 15.2 Å². The Morgan fingerprint density at radius 2 is 1.95 bits per heavy atom. The van der Waals surface area contributed by atoms with Gasteiger partial charge in [-0.05, 0) is 25.3 Å². The highest BCUT2D eigenvalue weighted by Crippen LogP contribution is 2.32. The Kier molecular flexibility index (Phi) is 8.12. The molecule has 0 saturated carbocycles. The summed E-state index contributed by atoms with van der Waals surface area (Å²) in [5, 5.41) is 0. The van der Waals surface area contributed by atoms with Crippen LogP contribution in [0.25, 0.3) is 0 Å². The lowest BCUT2D eigenvalue weighted by Crippen LogP contribution is -2.13. The maximum Gasteiger partial charge on any atom is 0.165 e. The molecule has 114 valence electrons. The summed E-state index contributed by atoms with van der Waals surface area (Å²) < 4.78 is 11.7. The van der Waals surface area contributed by atoms with E-state index in [1.54, 1.807) is 0 Å².